The minimum absolute atomic E-state index is 0.0559. The number of aliphatic carboxylic acids is 1. The molecule has 1 rings (SSSR count). The molecule has 6 nitrogen and oxygen atoms in total. The van der Waals surface area contributed by atoms with Gasteiger partial charge in [-0.25, -0.2) is 4.79 Å². The van der Waals surface area contributed by atoms with Gasteiger partial charge in [-0.1, -0.05) is 6.92 Å². The minimum Gasteiger partial charge on any atom is -0.481 e. The van der Waals surface area contributed by atoms with E-state index in [-0.39, 0.29) is 12.5 Å². The summed E-state index contributed by atoms with van der Waals surface area (Å²) >= 11 is 0. The number of hydrogen-bond donors (Lipinski definition) is 3. The summed E-state index contributed by atoms with van der Waals surface area (Å²) in [6.45, 7) is 2.76. The fourth-order valence-corrected chi connectivity index (χ4v) is 1.52. The van der Waals surface area contributed by atoms with Gasteiger partial charge in [-0.05, 0) is 30.5 Å². The number of rotatable bonds is 7. The first-order valence-corrected chi connectivity index (χ1v) is 6.29. The summed E-state index contributed by atoms with van der Waals surface area (Å²) in [5.74, 6) is -0.859. The zero-order valence-electron chi connectivity index (χ0n) is 11.0. The molecule has 0 unspecified atom stereocenters. The van der Waals surface area contributed by atoms with E-state index in [2.05, 4.69) is 22.5 Å². The average molecular weight is 265 g/mol. The van der Waals surface area contributed by atoms with Crippen molar-refractivity contribution in [3.05, 3.63) is 29.6 Å². The number of carboxylic acids is 1. The standard InChI is InChI=1S/C13H19N3O3/c1-2-10-5-7-14-11(8-10)9-16-13(19)15-6-3-4-12(17)18/h5,7-8H,2-4,6,9H2,1H3,(H,17,18)(H2,15,16,19). The number of urea groups is 1. The summed E-state index contributed by atoms with van der Waals surface area (Å²) in [6, 6.07) is 3.58. The second-order valence-electron chi connectivity index (χ2n) is 4.12. The molecule has 0 fully saturated rings. The highest BCUT2D eigenvalue weighted by atomic mass is 16.4. The van der Waals surface area contributed by atoms with Crippen LogP contribution in [0.2, 0.25) is 0 Å². The molecule has 0 saturated heterocycles. The van der Waals surface area contributed by atoms with Gasteiger partial charge < -0.3 is 15.7 Å². The van der Waals surface area contributed by atoms with Crippen LogP contribution in [0.3, 0.4) is 0 Å². The van der Waals surface area contributed by atoms with Gasteiger partial charge >= 0.3 is 12.0 Å². The summed E-state index contributed by atoms with van der Waals surface area (Å²) in [4.78, 5) is 25.9. The van der Waals surface area contributed by atoms with Crippen molar-refractivity contribution >= 4 is 12.0 Å². The number of hydrogen-bond acceptors (Lipinski definition) is 3. The second kappa shape index (κ2) is 8.07. The Balaban J connectivity index is 2.24. The quantitative estimate of drug-likeness (QED) is 0.648. The summed E-state index contributed by atoms with van der Waals surface area (Å²) < 4.78 is 0. The van der Waals surface area contributed by atoms with Gasteiger partial charge in [0.2, 0.25) is 0 Å². The van der Waals surface area contributed by atoms with Crippen molar-refractivity contribution in [2.75, 3.05) is 6.54 Å². The van der Waals surface area contributed by atoms with Crippen molar-refractivity contribution in [3.8, 4) is 0 Å². The highest BCUT2D eigenvalue weighted by Gasteiger charge is 2.02. The molecule has 0 atom stereocenters. The normalized spacial score (nSPS) is 9.95. The lowest BCUT2D eigenvalue weighted by Gasteiger charge is -2.07. The number of pyridine rings is 1. The fraction of sp³-hybridized carbons (Fsp3) is 0.462. The molecule has 0 aliphatic rings. The van der Waals surface area contributed by atoms with Crippen molar-refractivity contribution in [2.24, 2.45) is 0 Å². The fourth-order valence-electron chi connectivity index (χ4n) is 1.52. The molecule has 1 aromatic rings. The number of aryl methyl sites for hydroxylation is 1. The van der Waals surface area contributed by atoms with Gasteiger partial charge in [0.1, 0.15) is 0 Å². The summed E-state index contributed by atoms with van der Waals surface area (Å²) in [5.41, 5.74) is 1.98. The van der Waals surface area contributed by atoms with Crippen LogP contribution in [0.1, 0.15) is 31.0 Å². The van der Waals surface area contributed by atoms with E-state index in [1.54, 1.807) is 6.20 Å². The summed E-state index contributed by atoms with van der Waals surface area (Å²) in [6.07, 6.45) is 3.13. The van der Waals surface area contributed by atoms with Crippen LogP contribution in [0, 0.1) is 0 Å². The monoisotopic (exact) mass is 265 g/mol. The van der Waals surface area contributed by atoms with Gasteiger partial charge in [0.15, 0.2) is 0 Å². The topological polar surface area (TPSA) is 91.3 Å². The van der Waals surface area contributed by atoms with Crippen molar-refractivity contribution in [2.45, 2.75) is 32.7 Å². The Bertz CT molecular complexity index is 435. The Hall–Kier alpha value is -2.11. The van der Waals surface area contributed by atoms with Crippen molar-refractivity contribution in [1.29, 1.82) is 0 Å². The zero-order chi connectivity index (χ0) is 14.1. The van der Waals surface area contributed by atoms with Crippen LogP contribution in [-0.2, 0) is 17.8 Å². The van der Waals surface area contributed by atoms with Crippen LogP contribution in [0.5, 0.6) is 0 Å². The number of amides is 2. The summed E-state index contributed by atoms with van der Waals surface area (Å²) in [7, 11) is 0. The minimum atomic E-state index is -0.859. The van der Waals surface area contributed by atoms with E-state index in [9.17, 15) is 9.59 Å². The number of aromatic nitrogens is 1. The molecule has 1 heterocycles. The predicted octanol–water partition coefficient (Wildman–Crippen LogP) is 1.31. The van der Waals surface area contributed by atoms with Crippen LogP contribution < -0.4 is 10.6 Å². The maximum atomic E-state index is 11.4. The number of carbonyl (C=O) groups excluding carboxylic acids is 1. The first-order chi connectivity index (χ1) is 9.11. The highest BCUT2D eigenvalue weighted by Crippen LogP contribution is 2.02. The van der Waals surface area contributed by atoms with Gasteiger partial charge in [-0.2, -0.15) is 0 Å². The average Bonchev–Trinajstić information content (AvgIpc) is 2.41. The van der Waals surface area contributed by atoms with Crippen LogP contribution in [0.15, 0.2) is 18.3 Å². The third kappa shape index (κ3) is 6.40. The number of carboxylic acid groups (broad SMARTS) is 1. The molecule has 2 amide bonds. The Labute approximate surface area is 112 Å². The predicted molar refractivity (Wildman–Crippen MR) is 70.7 cm³/mol. The smallest absolute Gasteiger partial charge is 0.315 e. The maximum absolute atomic E-state index is 11.4. The second-order valence-corrected chi connectivity index (χ2v) is 4.12. The highest BCUT2D eigenvalue weighted by molar-refractivity contribution is 5.73. The van der Waals surface area contributed by atoms with E-state index >= 15 is 0 Å². The molecule has 104 valence electrons. The third-order valence-corrected chi connectivity index (χ3v) is 2.57. The lowest BCUT2D eigenvalue weighted by atomic mass is 10.2. The molecule has 3 N–H and O–H groups in total. The van der Waals surface area contributed by atoms with Crippen LogP contribution in [0.4, 0.5) is 4.79 Å². The lowest BCUT2D eigenvalue weighted by Crippen LogP contribution is -2.35. The first-order valence-electron chi connectivity index (χ1n) is 6.29. The third-order valence-electron chi connectivity index (χ3n) is 2.57. The molecule has 0 spiro atoms. The molecule has 6 heteroatoms. The van der Waals surface area contributed by atoms with Crippen molar-refractivity contribution in [1.82, 2.24) is 15.6 Å². The van der Waals surface area contributed by atoms with Crippen LogP contribution in [-0.4, -0.2) is 28.6 Å². The molecule has 1 aromatic heterocycles. The van der Waals surface area contributed by atoms with E-state index in [1.165, 1.54) is 5.56 Å². The largest absolute Gasteiger partial charge is 0.481 e. The molecule has 0 bridgehead atoms. The first kappa shape index (κ1) is 14.9. The van der Waals surface area contributed by atoms with Gasteiger partial charge in [-0.15, -0.1) is 0 Å². The molecule has 0 aromatic carbocycles. The van der Waals surface area contributed by atoms with Crippen molar-refractivity contribution in [3.63, 3.8) is 0 Å². The number of nitrogens with zero attached hydrogens (tertiary/aromatic N) is 1. The van der Waals surface area contributed by atoms with Crippen LogP contribution >= 0.6 is 0 Å². The van der Waals surface area contributed by atoms with E-state index in [1.807, 2.05) is 12.1 Å². The Morgan fingerprint density at radius 2 is 2.16 bits per heavy atom. The van der Waals surface area contributed by atoms with E-state index in [4.69, 9.17) is 5.11 Å². The van der Waals surface area contributed by atoms with E-state index in [0.717, 1.165) is 12.1 Å². The number of nitrogens with one attached hydrogen (secondary N) is 2. The Morgan fingerprint density at radius 1 is 1.37 bits per heavy atom. The van der Waals surface area contributed by atoms with Gasteiger partial charge in [0.25, 0.3) is 0 Å². The molecular weight excluding hydrogens is 246 g/mol. The Kier molecular flexibility index (Phi) is 6.35. The van der Waals surface area contributed by atoms with Crippen molar-refractivity contribution < 1.29 is 14.7 Å². The zero-order valence-corrected chi connectivity index (χ0v) is 11.0. The maximum Gasteiger partial charge on any atom is 0.315 e. The Morgan fingerprint density at radius 3 is 2.84 bits per heavy atom. The summed E-state index contributed by atoms with van der Waals surface area (Å²) in [5, 5.41) is 13.7. The van der Waals surface area contributed by atoms with E-state index in [0.29, 0.717) is 19.5 Å². The van der Waals surface area contributed by atoms with Crippen LogP contribution in [0.25, 0.3) is 0 Å². The molecular formula is C13H19N3O3. The number of carbonyl (C=O) groups is 2. The SMILES string of the molecule is CCc1ccnc(CNC(=O)NCCCC(=O)O)c1. The molecule has 0 saturated carbocycles. The van der Waals surface area contributed by atoms with Gasteiger partial charge in [0, 0.05) is 19.2 Å². The van der Waals surface area contributed by atoms with Gasteiger partial charge in [-0.3, -0.25) is 9.78 Å². The molecule has 0 aliphatic heterocycles. The van der Waals surface area contributed by atoms with Gasteiger partial charge in [0.05, 0.1) is 12.2 Å². The molecule has 0 aliphatic carbocycles. The van der Waals surface area contributed by atoms with E-state index < -0.39 is 5.97 Å². The molecule has 0 radical (unpaired) electrons. The molecule has 19 heavy (non-hydrogen) atoms. The lowest BCUT2D eigenvalue weighted by molar-refractivity contribution is -0.137.